The van der Waals surface area contributed by atoms with Crippen molar-refractivity contribution < 1.29 is 0 Å². The van der Waals surface area contributed by atoms with E-state index in [9.17, 15) is 0 Å². The maximum atomic E-state index is 2.49. The van der Waals surface area contributed by atoms with Crippen LogP contribution < -0.4 is 0 Å². The van der Waals surface area contributed by atoms with Crippen molar-refractivity contribution >= 4 is 0 Å². The fraction of sp³-hybridized carbons (Fsp3) is 1.00. The summed E-state index contributed by atoms with van der Waals surface area (Å²) in [6, 6.07) is 0. The molecule has 2 aliphatic carbocycles. The van der Waals surface area contributed by atoms with Gasteiger partial charge in [-0.1, -0.05) is 40.5 Å². The van der Waals surface area contributed by atoms with Crippen molar-refractivity contribution in [2.75, 3.05) is 0 Å². The Morgan fingerprint density at radius 2 is 1.77 bits per heavy atom. The van der Waals surface area contributed by atoms with Crippen molar-refractivity contribution in [1.29, 1.82) is 0 Å². The molecule has 0 amide bonds. The number of fused-ring (bicyclic) bond motifs is 1. The standard InChI is InChI=1S/C13H24/c1-5-6-11(4)13-7-9(2)12(13)10(3)8-13/h9-12H,5-8H2,1-4H3. The Hall–Kier alpha value is 0. The Morgan fingerprint density at radius 1 is 1.23 bits per heavy atom. The van der Waals surface area contributed by atoms with Crippen molar-refractivity contribution in [3.8, 4) is 0 Å². The maximum Gasteiger partial charge on any atom is -0.0233 e. The molecule has 2 aliphatic rings. The molecule has 0 N–H and O–H groups in total. The summed E-state index contributed by atoms with van der Waals surface area (Å²) < 4.78 is 0. The minimum absolute atomic E-state index is 0.814. The van der Waals surface area contributed by atoms with Gasteiger partial charge in [0, 0.05) is 0 Å². The fourth-order valence-corrected chi connectivity index (χ4v) is 4.63. The molecule has 76 valence electrons. The predicted molar refractivity (Wildman–Crippen MR) is 57.6 cm³/mol. The molecular formula is C13H24. The first kappa shape index (κ1) is 9.55. The zero-order valence-corrected chi connectivity index (χ0v) is 9.64. The van der Waals surface area contributed by atoms with Gasteiger partial charge in [-0.25, -0.2) is 0 Å². The summed E-state index contributed by atoms with van der Waals surface area (Å²) in [5, 5.41) is 0. The highest BCUT2D eigenvalue weighted by Gasteiger charge is 2.63. The third kappa shape index (κ3) is 1.10. The van der Waals surface area contributed by atoms with Gasteiger partial charge >= 0.3 is 0 Å². The van der Waals surface area contributed by atoms with Gasteiger partial charge in [0.2, 0.25) is 0 Å². The van der Waals surface area contributed by atoms with Crippen molar-refractivity contribution in [2.24, 2.45) is 29.1 Å². The average Bonchev–Trinajstić information content (AvgIpc) is 2.00. The van der Waals surface area contributed by atoms with Crippen LogP contribution in [0.4, 0.5) is 0 Å². The summed E-state index contributed by atoms with van der Waals surface area (Å²) >= 11 is 0. The van der Waals surface area contributed by atoms with Crippen LogP contribution in [0.5, 0.6) is 0 Å². The van der Waals surface area contributed by atoms with Crippen LogP contribution in [0.15, 0.2) is 0 Å². The summed E-state index contributed by atoms with van der Waals surface area (Å²) in [6.45, 7) is 9.73. The number of rotatable bonds is 3. The molecule has 0 aliphatic heterocycles. The van der Waals surface area contributed by atoms with Gasteiger partial charge in [0.15, 0.2) is 0 Å². The van der Waals surface area contributed by atoms with Crippen molar-refractivity contribution in [3.63, 3.8) is 0 Å². The zero-order valence-electron chi connectivity index (χ0n) is 9.64. The van der Waals surface area contributed by atoms with E-state index in [2.05, 4.69) is 27.7 Å². The molecule has 0 radical (unpaired) electrons. The van der Waals surface area contributed by atoms with E-state index in [4.69, 9.17) is 0 Å². The van der Waals surface area contributed by atoms with Gasteiger partial charge in [-0.3, -0.25) is 0 Å². The minimum Gasteiger partial charge on any atom is -0.0654 e. The topological polar surface area (TPSA) is 0 Å². The summed E-state index contributed by atoms with van der Waals surface area (Å²) in [5.41, 5.74) is 0.814. The quantitative estimate of drug-likeness (QED) is 0.613. The molecule has 0 aromatic rings. The monoisotopic (exact) mass is 180 g/mol. The second kappa shape index (κ2) is 3.00. The molecule has 0 saturated heterocycles. The lowest BCUT2D eigenvalue weighted by atomic mass is 9.36. The molecule has 0 spiro atoms. The molecule has 0 nitrogen and oxygen atoms in total. The molecule has 0 heterocycles. The van der Waals surface area contributed by atoms with Crippen LogP contribution in [-0.2, 0) is 0 Å². The fourth-order valence-electron chi connectivity index (χ4n) is 4.63. The smallest absolute Gasteiger partial charge is 0.0233 e. The minimum atomic E-state index is 0.814. The highest BCUT2D eigenvalue weighted by atomic mass is 14.7. The molecule has 3 atom stereocenters. The Bertz CT molecular complexity index is 182. The first-order chi connectivity index (χ1) is 6.12. The van der Waals surface area contributed by atoms with E-state index in [1.807, 2.05) is 0 Å². The molecule has 13 heavy (non-hydrogen) atoms. The van der Waals surface area contributed by atoms with Crippen LogP contribution in [-0.4, -0.2) is 0 Å². The maximum absolute atomic E-state index is 2.49. The lowest BCUT2D eigenvalue weighted by Gasteiger charge is -2.69. The van der Waals surface area contributed by atoms with E-state index < -0.39 is 0 Å². The number of hydrogen-bond donors (Lipinski definition) is 0. The first-order valence-electron chi connectivity index (χ1n) is 6.12. The SMILES string of the molecule is CCCC(C)C12CC(C)C1C(C)C2. The van der Waals surface area contributed by atoms with Gasteiger partial charge in [0.1, 0.15) is 0 Å². The summed E-state index contributed by atoms with van der Waals surface area (Å²) in [5.74, 6) is 4.15. The Balaban J connectivity index is 2.00. The lowest BCUT2D eigenvalue weighted by Crippen LogP contribution is -2.62. The van der Waals surface area contributed by atoms with Crippen molar-refractivity contribution in [3.05, 3.63) is 0 Å². The Morgan fingerprint density at radius 3 is 2.15 bits per heavy atom. The van der Waals surface area contributed by atoms with Gasteiger partial charge in [-0.2, -0.15) is 0 Å². The largest absolute Gasteiger partial charge is 0.0654 e. The van der Waals surface area contributed by atoms with E-state index in [0.717, 1.165) is 29.1 Å². The van der Waals surface area contributed by atoms with Gasteiger partial charge < -0.3 is 0 Å². The van der Waals surface area contributed by atoms with Crippen LogP contribution in [0.2, 0.25) is 0 Å². The van der Waals surface area contributed by atoms with E-state index >= 15 is 0 Å². The normalized spacial score (nSPS) is 50.3. The molecule has 0 aromatic heterocycles. The third-order valence-electron chi connectivity index (χ3n) is 5.00. The predicted octanol–water partition coefficient (Wildman–Crippen LogP) is 4.10. The molecule has 2 fully saturated rings. The number of hydrogen-bond acceptors (Lipinski definition) is 0. The van der Waals surface area contributed by atoms with Crippen molar-refractivity contribution in [2.45, 2.75) is 53.4 Å². The van der Waals surface area contributed by atoms with E-state index in [0.29, 0.717) is 0 Å². The molecule has 3 unspecified atom stereocenters. The van der Waals surface area contributed by atoms with Crippen LogP contribution in [0, 0.1) is 29.1 Å². The second-order valence-electron chi connectivity index (χ2n) is 5.81. The second-order valence-corrected chi connectivity index (χ2v) is 5.81. The molecular weight excluding hydrogens is 156 g/mol. The molecule has 0 bridgehead atoms. The van der Waals surface area contributed by atoms with Gasteiger partial charge in [0.25, 0.3) is 0 Å². The third-order valence-corrected chi connectivity index (χ3v) is 5.00. The molecule has 2 saturated carbocycles. The van der Waals surface area contributed by atoms with Crippen LogP contribution in [0.3, 0.4) is 0 Å². The van der Waals surface area contributed by atoms with Gasteiger partial charge in [-0.05, 0) is 41.9 Å². The summed E-state index contributed by atoms with van der Waals surface area (Å²) in [6.07, 6.45) is 5.89. The van der Waals surface area contributed by atoms with E-state index in [-0.39, 0.29) is 0 Å². The first-order valence-corrected chi connectivity index (χ1v) is 6.12. The molecule has 0 heteroatoms. The highest BCUT2D eigenvalue weighted by molar-refractivity contribution is 5.11. The van der Waals surface area contributed by atoms with Gasteiger partial charge in [-0.15, -0.1) is 0 Å². The molecule has 2 rings (SSSR count). The lowest BCUT2D eigenvalue weighted by molar-refractivity contribution is -0.205. The van der Waals surface area contributed by atoms with Crippen LogP contribution in [0.25, 0.3) is 0 Å². The van der Waals surface area contributed by atoms with E-state index in [1.165, 1.54) is 25.7 Å². The van der Waals surface area contributed by atoms with Gasteiger partial charge in [0.05, 0.1) is 0 Å². The Labute approximate surface area is 83.1 Å². The Kier molecular flexibility index (Phi) is 2.20. The summed E-state index contributed by atoms with van der Waals surface area (Å²) in [4.78, 5) is 0. The summed E-state index contributed by atoms with van der Waals surface area (Å²) in [7, 11) is 0. The van der Waals surface area contributed by atoms with Crippen LogP contribution >= 0.6 is 0 Å². The van der Waals surface area contributed by atoms with Crippen molar-refractivity contribution in [1.82, 2.24) is 0 Å². The average molecular weight is 180 g/mol. The molecule has 0 aromatic carbocycles. The van der Waals surface area contributed by atoms with Crippen LogP contribution in [0.1, 0.15) is 53.4 Å². The van der Waals surface area contributed by atoms with E-state index in [1.54, 1.807) is 0 Å². The zero-order chi connectivity index (χ0) is 9.64. The highest BCUT2D eigenvalue weighted by Crippen LogP contribution is 2.70.